The normalized spacial score (nSPS) is 23.9. The lowest BCUT2D eigenvalue weighted by molar-refractivity contribution is -0.142. The number of ether oxygens (including phenoxy) is 4. The van der Waals surface area contributed by atoms with Gasteiger partial charge in [-0.3, -0.25) is 0 Å². The molecule has 8 nitrogen and oxygen atoms in total. The molecule has 1 aromatic rings. The molecule has 0 saturated carbocycles. The first kappa shape index (κ1) is 18.1. The van der Waals surface area contributed by atoms with Crippen molar-refractivity contribution in [2.75, 3.05) is 20.0 Å². The van der Waals surface area contributed by atoms with Crippen molar-refractivity contribution in [1.82, 2.24) is 10.6 Å². The van der Waals surface area contributed by atoms with Crippen LogP contribution in [-0.4, -0.2) is 38.1 Å². The number of carbonyl (C=O) groups excluding carboxylic acids is 2. The van der Waals surface area contributed by atoms with Gasteiger partial charge < -0.3 is 29.6 Å². The zero-order chi connectivity index (χ0) is 19.0. The Hall–Kier alpha value is -2.26. The Morgan fingerprint density at radius 1 is 1.33 bits per heavy atom. The lowest BCUT2D eigenvalue weighted by Crippen LogP contribution is -2.45. The van der Waals surface area contributed by atoms with E-state index in [1.54, 1.807) is 19.1 Å². The van der Waals surface area contributed by atoms with Crippen LogP contribution in [0.5, 0.6) is 11.5 Å². The summed E-state index contributed by atoms with van der Waals surface area (Å²) in [7, 11) is 0. The predicted octanol–water partition coefficient (Wildman–Crippen LogP) is 2.53. The van der Waals surface area contributed by atoms with Gasteiger partial charge in [-0.15, -0.1) is 0 Å². The lowest BCUT2D eigenvalue weighted by atomic mass is 9.95. The van der Waals surface area contributed by atoms with Crippen molar-refractivity contribution >= 4 is 27.9 Å². The van der Waals surface area contributed by atoms with Crippen molar-refractivity contribution in [3.8, 4) is 11.5 Å². The molecule has 0 radical (unpaired) electrons. The van der Waals surface area contributed by atoms with Crippen molar-refractivity contribution in [2.24, 2.45) is 0 Å². The Labute approximate surface area is 164 Å². The zero-order valence-corrected chi connectivity index (χ0v) is 16.3. The Bertz CT molecular complexity index is 818. The van der Waals surface area contributed by atoms with Crippen molar-refractivity contribution in [1.29, 1.82) is 0 Å². The molecular weight excluding hydrogens is 420 g/mol. The van der Waals surface area contributed by atoms with Crippen LogP contribution in [-0.2, 0) is 14.3 Å². The Balaban J connectivity index is 1.62. The second kappa shape index (κ2) is 7.40. The molecule has 2 atom stereocenters. The third kappa shape index (κ3) is 3.61. The number of carbonyl (C=O) groups is 2. The highest BCUT2D eigenvalue weighted by atomic mass is 79.9. The summed E-state index contributed by atoms with van der Waals surface area (Å²) in [5.41, 5.74) is 1.47. The van der Waals surface area contributed by atoms with Crippen molar-refractivity contribution < 1.29 is 28.5 Å². The molecule has 27 heavy (non-hydrogen) atoms. The van der Waals surface area contributed by atoms with Crippen LogP contribution in [0.25, 0.3) is 0 Å². The van der Waals surface area contributed by atoms with E-state index in [1.165, 1.54) is 0 Å². The summed E-state index contributed by atoms with van der Waals surface area (Å²) in [6.07, 6.45) is 1.77. The van der Waals surface area contributed by atoms with Gasteiger partial charge in [0.2, 0.25) is 6.79 Å². The fourth-order valence-electron chi connectivity index (χ4n) is 3.37. The molecule has 0 bridgehead atoms. The van der Waals surface area contributed by atoms with Crippen LogP contribution in [0, 0.1) is 0 Å². The minimum Gasteiger partial charge on any atom is -0.459 e. The van der Waals surface area contributed by atoms with Crippen molar-refractivity contribution in [3.63, 3.8) is 0 Å². The number of hydrogen-bond donors (Lipinski definition) is 2. The molecule has 144 valence electrons. The van der Waals surface area contributed by atoms with Gasteiger partial charge in [-0.2, -0.15) is 0 Å². The highest BCUT2D eigenvalue weighted by molar-refractivity contribution is 9.10. The molecular formula is C18H19BrN2O6. The number of rotatable bonds is 4. The topological polar surface area (TPSA) is 95.1 Å². The largest absolute Gasteiger partial charge is 0.459 e. The maximum Gasteiger partial charge on any atom is 0.338 e. The summed E-state index contributed by atoms with van der Waals surface area (Å²) in [4.78, 5) is 24.8. The first-order valence-electron chi connectivity index (χ1n) is 8.69. The Kier molecular flexibility index (Phi) is 4.96. The SMILES string of the molecule is CC1=C(C(=O)OC[C@@H]2CCCO2)[C@H](c2cc3c(cc2Br)OCO3)NC(=O)N1. The summed E-state index contributed by atoms with van der Waals surface area (Å²) in [6, 6.07) is 2.44. The van der Waals surface area contributed by atoms with E-state index in [-0.39, 0.29) is 19.5 Å². The molecule has 2 amide bonds. The van der Waals surface area contributed by atoms with Gasteiger partial charge in [-0.05, 0) is 37.5 Å². The Morgan fingerprint density at radius 3 is 2.85 bits per heavy atom. The standard InChI is InChI=1S/C18H19BrN2O6/c1-9-15(17(22)25-7-10-3-2-4-24-10)16(21-18(23)20-9)11-5-13-14(6-12(11)19)27-8-26-13/h5-6,10,16H,2-4,7-8H2,1H3,(H2,20,21,23)/t10-,16-/m0/s1. The summed E-state index contributed by atoms with van der Waals surface area (Å²) in [6.45, 7) is 2.69. The molecule has 0 aliphatic carbocycles. The van der Waals surface area contributed by atoms with E-state index in [9.17, 15) is 9.59 Å². The first-order chi connectivity index (χ1) is 13.0. The zero-order valence-electron chi connectivity index (χ0n) is 14.7. The monoisotopic (exact) mass is 438 g/mol. The van der Waals surface area contributed by atoms with E-state index in [0.29, 0.717) is 39.4 Å². The van der Waals surface area contributed by atoms with E-state index < -0.39 is 18.0 Å². The summed E-state index contributed by atoms with van der Waals surface area (Å²) >= 11 is 3.49. The predicted molar refractivity (Wildman–Crippen MR) is 97.3 cm³/mol. The third-order valence-electron chi connectivity index (χ3n) is 4.72. The highest BCUT2D eigenvalue weighted by Crippen LogP contribution is 2.41. The van der Waals surface area contributed by atoms with Gasteiger partial charge in [0.15, 0.2) is 11.5 Å². The molecule has 0 unspecified atom stereocenters. The van der Waals surface area contributed by atoms with E-state index in [2.05, 4.69) is 26.6 Å². The number of urea groups is 1. The van der Waals surface area contributed by atoms with Crippen LogP contribution in [0.15, 0.2) is 27.9 Å². The van der Waals surface area contributed by atoms with Crippen molar-refractivity contribution in [3.05, 3.63) is 33.4 Å². The number of fused-ring (bicyclic) bond motifs is 1. The molecule has 1 fully saturated rings. The van der Waals surface area contributed by atoms with Gasteiger partial charge in [0, 0.05) is 16.8 Å². The second-order valence-electron chi connectivity index (χ2n) is 6.53. The fourth-order valence-corrected chi connectivity index (χ4v) is 3.93. The van der Waals surface area contributed by atoms with Gasteiger partial charge in [0.05, 0.1) is 17.7 Å². The average Bonchev–Trinajstić information content (AvgIpc) is 3.29. The molecule has 4 rings (SSSR count). The van der Waals surface area contributed by atoms with E-state index in [4.69, 9.17) is 18.9 Å². The summed E-state index contributed by atoms with van der Waals surface area (Å²) < 4.78 is 22.5. The molecule has 1 saturated heterocycles. The fraction of sp³-hybridized carbons (Fsp3) is 0.444. The first-order valence-corrected chi connectivity index (χ1v) is 9.48. The van der Waals surface area contributed by atoms with Crippen LogP contribution in [0.3, 0.4) is 0 Å². The third-order valence-corrected chi connectivity index (χ3v) is 5.40. The van der Waals surface area contributed by atoms with Crippen LogP contribution < -0.4 is 20.1 Å². The van der Waals surface area contributed by atoms with Crippen LogP contribution >= 0.6 is 15.9 Å². The number of esters is 1. The van der Waals surface area contributed by atoms with E-state index in [1.807, 2.05) is 0 Å². The lowest BCUT2D eigenvalue weighted by Gasteiger charge is -2.29. The number of benzene rings is 1. The molecule has 3 aliphatic rings. The Morgan fingerprint density at radius 2 is 2.11 bits per heavy atom. The van der Waals surface area contributed by atoms with Gasteiger partial charge in [-0.1, -0.05) is 15.9 Å². The smallest absolute Gasteiger partial charge is 0.338 e. The quantitative estimate of drug-likeness (QED) is 0.701. The van der Waals surface area contributed by atoms with Gasteiger partial charge in [-0.25, -0.2) is 9.59 Å². The van der Waals surface area contributed by atoms with Gasteiger partial charge >= 0.3 is 12.0 Å². The maximum atomic E-state index is 12.8. The minimum atomic E-state index is -0.681. The molecule has 0 spiro atoms. The molecule has 0 aromatic heterocycles. The molecule has 1 aromatic carbocycles. The molecule has 9 heteroatoms. The number of amides is 2. The summed E-state index contributed by atoms with van der Waals surface area (Å²) in [5.74, 6) is 0.671. The van der Waals surface area contributed by atoms with Crippen LogP contribution in [0.2, 0.25) is 0 Å². The number of nitrogens with one attached hydrogen (secondary N) is 2. The van der Waals surface area contributed by atoms with E-state index in [0.717, 1.165) is 12.8 Å². The average molecular weight is 439 g/mol. The highest BCUT2D eigenvalue weighted by Gasteiger charge is 2.35. The molecule has 3 aliphatic heterocycles. The van der Waals surface area contributed by atoms with Crippen LogP contribution in [0.1, 0.15) is 31.4 Å². The minimum absolute atomic E-state index is 0.0725. The van der Waals surface area contributed by atoms with E-state index >= 15 is 0 Å². The van der Waals surface area contributed by atoms with Gasteiger partial charge in [0.25, 0.3) is 0 Å². The van der Waals surface area contributed by atoms with Crippen LogP contribution in [0.4, 0.5) is 4.79 Å². The number of allylic oxidation sites excluding steroid dienone is 1. The summed E-state index contributed by atoms with van der Waals surface area (Å²) in [5, 5.41) is 5.42. The second-order valence-corrected chi connectivity index (χ2v) is 7.38. The molecule has 2 N–H and O–H groups in total. The van der Waals surface area contributed by atoms with Gasteiger partial charge in [0.1, 0.15) is 6.61 Å². The number of hydrogen-bond acceptors (Lipinski definition) is 6. The maximum absolute atomic E-state index is 12.8. The molecule has 3 heterocycles. The number of halogens is 1. The van der Waals surface area contributed by atoms with Crippen molar-refractivity contribution in [2.45, 2.75) is 31.9 Å².